The van der Waals surface area contributed by atoms with E-state index in [0.29, 0.717) is 6.04 Å². The van der Waals surface area contributed by atoms with E-state index >= 15 is 0 Å². The number of carbonyl (C=O) groups is 1. The fourth-order valence-electron chi connectivity index (χ4n) is 2.69. The van der Waals surface area contributed by atoms with Gasteiger partial charge >= 0.3 is 0 Å². The molecule has 1 unspecified atom stereocenters. The van der Waals surface area contributed by atoms with Gasteiger partial charge < -0.3 is 10.6 Å². The van der Waals surface area contributed by atoms with Crippen LogP contribution in [0.1, 0.15) is 39.0 Å². The van der Waals surface area contributed by atoms with E-state index in [1.807, 2.05) is 14.0 Å². The third-order valence-electron chi connectivity index (χ3n) is 4.30. The molecule has 0 aromatic rings. The van der Waals surface area contributed by atoms with E-state index in [9.17, 15) is 4.79 Å². The average molecular weight is 290 g/mol. The maximum absolute atomic E-state index is 12.0. The quantitative estimate of drug-likeness (QED) is 0.777. The van der Waals surface area contributed by atoms with Gasteiger partial charge in [0.25, 0.3) is 0 Å². The van der Waals surface area contributed by atoms with Crippen LogP contribution >= 0.6 is 12.4 Å². The number of piperidine rings is 1. The summed E-state index contributed by atoms with van der Waals surface area (Å²) in [5.74, 6) is 1.07. The van der Waals surface area contributed by atoms with Crippen LogP contribution < -0.4 is 10.6 Å². The summed E-state index contributed by atoms with van der Waals surface area (Å²) in [6.45, 7) is 5.31. The minimum atomic E-state index is 0. The molecule has 0 spiro atoms. The third-order valence-corrected chi connectivity index (χ3v) is 4.30. The second kappa shape index (κ2) is 8.08. The Bertz CT molecular complexity index is 276. The summed E-state index contributed by atoms with van der Waals surface area (Å²) in [4.78, 5) is 14.3. The van der Waals surface area contributed by atoms with E-state index in [-0.39, 0.29) is 24.4 Å². The van der Waals surface area contributed by atoms with Gasteiger partial charge in [0.2, 0.25) is 5.91 Å². The molecule has 2 aliphatic rings. The molecule has 5 heteroatoms. The molecule has 1 aliphatic heterocycles. The number of nitrogens with zero attached hydrogens (tertiary/aromatic N) is 1. The second-order valence-corrected chi connectivity index (χ2v) is 5.83. The lowest BCUT2D eigenvalue weighted by molar-refractivity contribution is -0.126. The lowest BCUT2D eigenvalue weighted by Crippen LogP contribution is -2.48. The van der Waals surface area contributed by atoms with Crippen LogP contribution in [-0.2, 0) is 4.79 Å². The van der Waals surface area contributed by atoms with Gasteiger partial charge in [-0.1, -0.05) is 0 Å². The fourth-order valence-corrected chi connectivity index (χ4v) is 2.69. The summed E-state index contributed by atoms with van der Waals surface area (Å²) in [7, 11) is 2.01. The van der Waals surface area contributed by atoms with Crippen molar-refractivity contribution in [3.63, 3.8) is 0 Å². The maximum Gasteiger partial charge on any atom is 0.237 e. The molecule has 1 saturated heterocycles. The van der Waals surface area contributed by atoms with Crippen molar-refractivity contribution in [2.75, 3.05) is 26.7 Å². The summed E-state index contributed by atoms with van der Waals surface area (Å²) in [5.41, 5.74) is 0. The number of hydrogen-bond acceptors (Lipinski definition) is 3. The smallest absolute Gasteiger partial charge is 0.237 e. The number of nitrogens with one attached hydrogen (secondary N) is 2. The van der Waals surface area contributed by atoms with Crippen molar-refractivity contribution in [3.8, 4) is 0 Å². The summed E-state index contributed by atoms with van der Waals surface area (Å²) < 4.78 is 0. The van der Waals surface area contributed by atoms with E-state index in [1.54, 1.807) is 0 Å². The first-order chi connectivity index (χ1) is 8.70. The molecule has 0 bridgehead atoms. The number of hydrogen-bond donors (Lipinski definition) is 2. The second-order valence-electron chi connectivity index (χ2n) is 5.83. The van der Waals surface area contributed by atoms with Crippen LogP contribution in [0.5, 0.6) is 0 Å². The lowest BCUT2D eigenvalue weighted by Gasteiger charge is -2.35. The fraction of sp³-hybridized carbons (Fsp3) is 0.929. The highest BCUT2D eigenvalue weighted by molar-refractivity contribution is 5.85. The van der Waals surface area contributed by atoms with Crippen LogP contribution in [0.4, 0.5) is 0 Å². The number of amides is 1. The standard InChI is InChI=1S/C14H27N3O.ClH/c1-11(14(18)16-13-3-4-13)17-9-6-12(7-10-17)5-8-15-2;/h11-13,15H,3-10H2,1-2H3,(H,16,18);1H. The van der Waals surface area contributed by atoms with E-state index in [4.69, 9.17) is 0 Å². The molecule has 1 aliphatic carbocycles. The van der Waals surface area contributed by atoms with Crippen molar-refractivity contribution in [1.82, 2.24) is 15.5 Å². The van der Waals surface area contributed by atoms with Gasteiger partial charge in [0, 0.05) is 6.04 Å². The summed E-state index contributed by atoms with van der Waals surface area (Å²) in [6.07, 6.45) is 6.09. The minimum absolute atomic E-state index is 0. The zero-order valence-electron chi connectivity index (χ0n) is 12.2. The van der Waals surface area contributed by atoms with Gasteiger partial charge in [0.15, 0.2) is 0 Å². The van der Waals surface area contributed by atoms with Gasteiger partial charge in [-0.3, -0.25) is 9.69 Å². The highest BCUT2D eigenvalue weighted by Crippen LogP contribution is 2.23. The van der Waals surface area contributed by atoms with Crippen molar-refractivity contribution in [2.45, 2.75) is 51.1 Å². The van der Waals surface area contributed by atoms with Gasteiger partial charge in [-0.2, -0.15) is 0 Å². The maximum atomic E-state index is 12.0. The SMILES string of the molecule is CNCCC1CCN(C(C)C(=O)NC2CC2)CC1.Cl. The number of rotatable bonds is 6. The first-order valence-corrected chi connectivity index (χ1v) is 7.39. The molecule has 1 saturated carbocycles. The van der Waals surface area contributed by atoms with Gasteiger partial charge in [-0.15, -0.1) is 12.4 Å². The molecule has 0 aromatic carbocycles. The molecule has 1 amide bonds. The molecule has 2 rings (SSSR count). The van der Waals surface area contributed by atoms with Gasteiger partial charge in [-0.25, -0.2) is 0 Å². The van der Waals surface area contributed by atoms with Gasteiger partial charge in [-0.05, 0) is 71.6 Å². The average Bonchev–Trinajstić information content (AvgIpc) is 3.20. The molecule has 1 heterocycles. The van der Waals surface area contributed by atoms with Crippen molar-refractivity contribution in [1.29, 1.82) is 0 Å². The molecule has 1 atom stereocenters. The molecule has 2 N–H and O–H groups in total. The first kappa shape index (κ1) is 16.7. The van der Waals surface area contributed by atoms with Crippen molar-refractivity contribution in [3.05, 3.63) is 0 Å². The van der Waals surface area contributed by atoms with E-state index in [1.165, 1.54) is 32.1 Å². The zero-order valence-corrected chi connectivity index (χ0v) is 13.0. The molecule has 0 radical (unpaired) electrons. The number of carbonyl (C=O) groups excluding carboxylic acids is 1. The van der Waals surface area contributed by atoms with Crippen LogP contribution in [0.3, 0.4) is 0 Å². The van der Waals surface area contributed by atoms with Crippen molar-refractivity contribution >= 4 is 18.3 Å². The van der Waals surface area contributed by atoms with Crippen LogP contribution in [-0.4, -0.2) is 49.6 Å². The predicted octanol–water partition coefficient (Wildman–Crippen LogP) is 1.40. The lowest BCUT2D eigenvalue weighted by atomic mass is 9.93. The first-order valence-electron chi connectivity index (χ1n) is 7.39. The molecule has 0 aromatic heterocycles. The van der Waals surface area contributed by atoms with Crippen molar-refractivity contribution < 1.29 is 4.79 Å². The molecular weight excluding hydrogens is 262 g/mol. The van der Waals surface area contributed by atoms with Gasteiger partial charge in [0.05, 0.1) is 6.04 Å². The van der Waals surface area contributed by atoms with Crippen LogP contribution in [0.25, 0.3) is 0 Å². The number of likely N-dealkylation sites (tertiary alicyclic amines) is 1. The summed E-state index contributed by atoms with van der Waals surface area (Å²) in [6, 6.07) is 0.531. The monoisotopic (exact) mass is 289 g/mol. The molecule has 19 heavy (non-hydrogen) atoms. The van der Waals surface area contributed by atoms with Crippen LogP contribution in [0.15, 0.2) is 0 Å². The van der Waals surface area contributed by atoms with Crippen molar-refractivity contribution in [2.24, 2.45) is 5.92 Å². The Balaban J connectivity index is 0.00000180. The summed E-state index contributed by atoms with van der Waals surface area (Å²) >= 11 is 0. The topological polar surface area (TPSA) is 44.4 Å². The highest BCUT2D eigenvalue weighted by atomic mass is 35.5. The summed E-state index contributed by atoms with van der Waals surface area (Å²) in [5, 5.41) is 6.32. The Morgan fingerprint density at radius 1 is 1.26 bits per heavy atom. The third kappa shape index (κ3) is 5.28. The van der Waals surface area contributed by atoms with Crippen LogP contribution in [0, 0.1) is 5.92 Å². The van der Waals surface area contributed by atoms with E-state index in [0.717, 1.165) is 25.6 Å². The zero-order chi connectivity index (χ0) is 13.0. The van der Waals surface area contributed by atoms with Gasteiger partial charge in [0.1, 0.15) is 0 Å². The Kier molecular flexibility index (Phi) is 7.11. The minimum Gasteiger partial charge on any atom is -0.352 e. The molecule has 2 fully saturated rings. The van der Waals surface area contributed by atoms with E-state index < -0.39 is 0 Å². The largest absolute Gasteiger partial charge is 0.352 e. The normalized spacial score (nSPS) is 22.6. The van der Waals surface area contributed by atoms with E-state index in [2.05, 4.69) is 15.5 Å². The molecule has 4 nitrogen and oxygen atoms in total. The molecule has 112 valence electrons. The highest BCUT2D eigenvalue weighted by Gasteiger charge is 2.30. The van der Waals surface area contributed by atoms with Crippen LogP contribution in [0.2, 0.25) is 0 Å². The Morgan fingerprint density at radius 3 is 2.42 bits per heavy atom. The number of halogens is 1. The molecular formula is C14H28ClN3O. The Morgan fingerprint density at radius 2 is 1.89 bits per heavy atom. The Labute approximate surface area is 123 Å². The predicted molar refractivity (Wildman–Crippen MR) is 80.7 cm³/mol. The Hall–Kier alpha value is -0.320.